The molecule has 39 heavy (non-hydrogen) atoms. The molecular weight excluding hydrogens is 528 g/mol. The van der Waals surface area contributed by atoms with E-state index in [4.69, 9.17) is 45.0 Å². The molecule has 7 heteroatoms. The van der Waals surface area contributed by atoms with Crippen molar-refractivity contribution in [3.05, 3.63) is 118 Å². The van der Waals surface area contributed by atoms with Gasteiger partial charge in [0.2, 0.25) is 0 Å². The van der Waals surface area contributed by atoms with E-state index in [0.717, 1.165) is 39.5 Å². The summed E-state index contributed by atoms with van der Waals surface area (Å²) >= 11 is 12.9. The zero-order valence-corrected chi connectivity index (χ0v) is 23.2. The van der Waals surface area contributed by atoms with Crippen LogP contribution in [0.5, 0.6) is 11.5 Å². The Morgan fingerprint density at radius 2 is 1.28 bits per heavy atom. The highest BCUT2D eigenvalue weighted by molar-refractivity contribution is 6.39. The first-order valence-corrected chi connectivity index (χ1v) is 13.4. The van der Waals surface area contributed by atoms with Gasteiger partial charge in [0.1, 0.15) is 44.0 Å². The van der Waals surface area contributed by atoms with Crippen molar-refractivity contribution in [2.45, 2.75) is 33.0 Å². The van der Waals surface area contributed by atoms with Crippen LogP contribution in [0.1, 0.15) is 36.7 Å². The van der Waals surface area contributed by atoms with Crippen molar-refractivity contribution in [1.82, 2.24) is 5.16 Å². The van der Waals surface area contributed by atoms with Crippen molar-refractivity contribution in [2.24, 2.45) is 0 Å². The minimum Gasteiger partial charge on any atom is -0.489 e. The Hall–Kier alpha value is -3.67. The number of halogens is 2. The fourth-order valence-corrected chi connectivity index (χ4v) is 4.84. The number of ether oxygens (including phenoxy) is 2. The smallest absolute Gasteiger partial charge is 0.146 e. The molecule has 5 rings (SSSR count). The molecule has 0 fully saturated rings. The second kappa shape index (κ2) is 12.0. The number of hydrogen-bond donors (Lipinski definition) is 0. The largest absolute Gasteiger partial charge is 0.489 e. The van der Waals surface area contributed by atoms with Crippen LogP contribution < -0.4 is 14.9 Å². The summed E-state index contributed by atoms with van der Waals surface area (Å²) in [5, 5.41) is 5.33. The highest BCUT2D eigenvalue weighted by Crippen LogP contribution is 2.39. The average molecular weight is 554 g/mol. The highest BCUT2D eigenvalue weighted by atomic mass is 35.5. The molecular formula is C32H26BCl2NO3. The molecule has 5 aromatic rings. The second-order valence-electron chi connectivity index (χ2n) is 9.49. The Morgan fingerprint density at radius 3 is 1.87 bits per heavy atom. The van der Waals surface area contributed by atoms with Gasteiger partial charge < -0.3 is 14.0 Å². The maximum absolute atomic E-state index is 6.46. The van der Waals surface area contributed by atoms with Gasteiger partial charge in [-0.1, -0.05) is 102 Å². The van der Waals surface area contributed by atoms with Crippen molar-refractivity contribution in [2.75, 3.05) is 0 Å². The third kappa shape index (κ3) is 6.33. The van der Waals surface area contributed by atoms with E-state index in [2.05, 4.69) is 29.4 Å². The third-order valence-corrected chi connectivity index (χ3v) is 6.98. The SMILES string of the molecule is [B]c1ccc(OCc2ccc(-c3ccc(OCc4c(-c5c(Cl)cccc5Cl)noc4C(C)C)cc3)cc2)cc1. The highest BCUT2D eigenvalue weighted by Gasteiger charge is 2.23. The van der Waals surface area contributed by atoms with Gasteiger partial charge in [-0.15, -0.1) is 0 Å². The van der Waals surface area contributed by atoms with E-state index in [1.165, 1.54) is 0 Å². The molecule has 1 heterocycles. The van der Waals surface area contributed by atoms with Crippen molar-refractivity contribution < 1.29 is 14.0 Å². The Kier molecular flexibility index (Phi) is 8.30. The van der Waals surface area contributed by atoms with Gasteiger partial charge in [0, 0.05) is 11.5 Å². The van der Waals surface area contributed by atoms with Gasteiger partial charge in [0.15, 0.2) is 0 Å². The molecule has 0 atom stereocenters. The molecule has 1 aromatic heterocycles. The van der Waals surface area contributed by atoms with Gasteiger partial charge in [-0.3, -0.25) is 0 Å². The third-order valence-electron chi connectivity index (χ3n) is 6.35. The molecule has 194 valence electrons. The Morgan fingerprint density at radius 1 is 0.744 bits per heavy atom. The standard InChI is InChI=1S/C32H26BCl2NO3/c1-20(2)32-27(31(36-39-32)30-28(34)4-3-5-29(30)35)19-38-25-14-10-23(11-15-25)22-8-6-21(7-9-22)18-37-26-16-12-24(33)13-17-26/h3-17,20H,18-19H2,1-2H3. The van der Waals surface area contributed by atoms with Crippen LogP contribution in [0.4, 0.5) is 0 Å². The van der Waals surface area contributed by atoms with Crippen LogP contribution in [0, 0.1) is 0 Å². The van der Waals surface area contributed by atoms with Crippen molar-refractivity contribution in [3.8, 4) is 33.9 Å². The van der Waals surface area contributed by atoms with Gasteiger partial charge in [-0.05, 0) is 53.1 Å². The zero-order valence-electron chi connectivity index (χ0n) is 21.7. The van der Waals surface area contributed by atoms with Gasteiger partial charge >= 0.3 is 0 Å². The molecule has 0 aliphatic carbocycles. The van der Waals surface area contributed by atoms with E-state index in [0.29, 0.717) is 33.4 Å². The molecule has 0 saturated carbocycles. The maximum atomic E-state index is 6.46. The molecule has 4 aromatic carbocycles. The topological polar surface area (TPSA) is 44.5 Å². The number of hydrogen-bond acceptors (Lipinski definition) is 4. The molecule has 4 nitrogen and oxygen atoms in total. The average Bonchev–Trinajstić information content (AvgIpc) is 3.36. The number of nitrogens with zero attached hydrogens (tertiary/aromatic N) is 1. The lowest BCUT2D eigenvalue weighted by Gasteiger charge is -2.11. The van der Waals surface area contributed by atoms with Gasteiger partial charge in [0.25, 0.3) is 0 Å². The monoisotopic (exact) mass is 553 g/mol. The summed E-state index contributed by atoms with van der Waals surface area (Å²) in [6.07, 6.45) is 0. The molecule has 0 bridgehead atoms. The summed E-state index contributed by atoms with van der Waals surface area (Å²) in [6.45, 7) is 4.85. The normalized spacial score (nSPS) is 11.1. The van der Waals surface area contributed by atoms with Crippen LogP contribution in [0.3, 0.4) is 0 Å². The Labute approximate surface area is 239 Å². The van der Waals surface area contributed by atoms with Crippen molar-refractivity contribution in [1.29, 1.82) is 0 Å². The maximum Gasteiger partial charge on any atom is 0.146 e. The summed E-state index contributed by atoms with van der Waals surface area (Å²) in [5.74, 6) is 2.39. The van der Waals surface area contributed by atoms with Gasteiger partial charge in [-0.2, -0.15) is 0 Å². The first-order chi connectivity index (χ1) is 18.9. The van der Waals surface area contributed by atoms with Gasteiger partial charge in [0.05, 0.1) is 15.6 Å². The van der Waals surface area contributed by atoms with Crippen LogP contribution in [0.15, 0.2) is 95.5 Å². The summed E-state index contributed by atoms with van der Waals surface area (Å²) in [7, 11) is 5.73. The van der Waals surface area contributed by atoms with E-state index >= 15 is 0 Å². The first-order valence-electron chi connectivity index (χ1n) is 12.6. The van der Waals surface area contributed by atoms with Crippen LogP contribution in [0.2, 0.25) is 10.0 Å². The van der Waals surface area contributed by atoms with E-state index in [1.54, 1.807) is 18.2 Å². The molecule has 0 saturated heterocycles. The van der Waals surface area contributed by atoms with E-state index in [9.17, 15) is 0 Å². The first kappa shape index (κ1) is 26.9. The van der Waals surface area contributed by atoms with E-state index in [1.807, 2.05) is 62.4 Å². The number of aromatic nitrogens is 1. The molecule has 0 unspecified atom stereocenters. The molecule has 0 spiro atoms. The predicted octanol–water partition coefficient (Wildman–Crippen LogP) is 8.39. The quantitative estimate of drug-likeness (QED) is 0.172. The number of benzene rings is 4. The summed E-state index contributed by atoms with van der Waals surface area (Å²) in [4.78, 5) is 0. The van der Waals surface area contributed by atoms with E-state index in [-0.39, 0.29) is 12.5 Å². The Bertz CT molecular complexity index is 1530. The number of rotatable bonds is 9. The predicted molar refractivity (Wildman–Crippen MR) is 158 cm³/mol. The molecule has 0 amide bonds. The molecule has 0 N–H and O–H groups in total. The zero-order chi connectivity index (χ0) is 27.4. The molecule has 0 aliphatic rings. The lowest BCUT2D eigenvalue weighted by atomic mass is 9.97. The van der Waals surface area contributed by atoms with Gasteiger partial charge in [-0.25, -0.2) is 0 Å². The lowest BCUT2D eigenvalue weighted by molar-refractivity contribution is 0.298. The summed E-state index contributed by atoms with van der Waals surface area (Å²) < 4.78 is 17.7. The second-order valence-corrected chi connectivity index (χ2v) is 10.3. The lowest BCUT2D eigenvalue weighted by Crippen LogP contribution is -2.01. The van der Waals surface area contributed by atoms with Crippen molar-refractivity contribution >= 4 is 36.5 Å². The molecule has 2 radical (unpaired) electrons. The summed E-state index contributed by atoms with van der Waals surface area (Å²) in [5.41, 5.74) is 6.08. The van der Waals surface area contributed by atoms with Crippen LogP contribution in [-0.2, 0) is 13.2 Å². The fraction of sp³-hybridized carbons (Fsp3) is 0.156. The van der Waals surface area contributed by atoms with E-state index < -0.39 is 0 Å². The minimum absolute atomic E-state index is 0.119. The fourth-order valence-electron chi connectivity index (χ4n) is 4.26. The van der Waals surface area contributed by atoms with Crippen LogP contribution in [0.25, 0.3) is 22.4 Å². The van der Waals surface area contributed by atoms with Crippen LogP contribution in [-0.4, -0.2) is 13.0 Å². The van der Waals surface area contributed by atoms with Crippen molar-refractivity contribution in [3.63, 3.8) is 0 Å². The minimum atomic E-state index is 0.119. The molecule has 0 aliphatic heterocycles. The van der Waals surface area contributed by atoms with Crippen LogP contribution >= 0.6 is 23.2 Å². The summed E-state index contributed by atoms with van der Waals surface area (Å²) in [6, 6.07) is 29.1. The Balaban J connectivity index is 1.26.